The highest BCUT2D eigenvalue weighted by Gasteiger charge is 2.28. The Morgan fingerprint density at radius 3 is 2.90 bits per heavy atom. The maximum atomic E-state index is 10.9. The summed E-state index contributed by atoms with van der Waals surface area (Å²) in [6.45, 7) is 1.32. The molecule has 0 bridgehead atoms. The average molecular weight is 279 g/mol. The Morgan fingerprint density at radius 2 is 2.20 bits per heavy atom. The van der Waals surface area contributed by atoms with Crippen LogP contribution in [-0.4, -0.2) is 37.8 Å². The van der Waals surface area contributed by atoms with E-state index in [1.165, 1.54) is 10.9 Å². The van der Waals surface area contributed by atoms with Crippen molar-refractivity contribution in [1.29, 1.82) is 0 Å². The molecule has 1 aliphatic rings. The average Bonchev–Trinajstić information content (AvgIpc) is 3.06. The van der Waals surface area contributed by atoms with Crippen LogP contribution in [0, 0.1) is 10.1 Å². The van der Waals surface area contributed by atoms with Gasteiger partial charge in [-0.25, -0.2) is 0 Å². The summed E-state index contributed by atoms with van der Waals surface area (Å²) in [6.07, 6.45) is 2.99. The first-order valence-electron chi connectivity index (χ1n) is 6.24. The Balaban J connectivity index is 1.93. The van der Waals surface area contributed by atoms with E-state index >= 15 is 0 Å². The first-order valence-corrected chi connectivity index (χ1v) is 6.24. The molecule has 3 heterocycles. The number of rotatable bonds is 3. The Bertz CT molecular complexity index is 629. The van der Waals surface area contributed by atoms with Crippen molar-refractivity contribution < 1.29 is 14.2 Å². The van der Waals surface area contributed by atoms with Crippen molar-refractivity contribution >= 4 is 5.82 Å². The second-order valence-corrected chi connectivity index (χ2v) is 4.63. The zero-order chi connectivity index (χ0) is 14.1. The number of aryl methyl sites for hydroxylation is 1. The molecule has 0 unspecified atom stereocenters. The molecule has 0 atom stereocenters. The molecule has 1 saturated heterocycles. The molecule has 9 heteroatoms. The lowest BCUT2D eigenvalue weighted by Crippen LogP contribution is -2.14. The molecule has 0 saturated carbocycles. The van der Waals surface area contributed by atoms with Gasteiger partial charge in [0.2, 0.25) is 18.0 Å². The number of nitro groups is 1. The third-order valence-corrected chi connectivity index (χ3v) is 3.31. The fourth-order valence-corrected chi connectivity index (χ4v) is 2.25. The molecule has 9 nitrogen and oxygen atoms in total. The van der Waals surface area contributed by atoms with Gasteiger partial charge in [0.15, 0.2) is 5.69 Å². The van der Waals surface area contributed by atoms with Crippen LogP contribution in [0.5, 0.6) is 0 Å². The van der Waals surface area contributed by atoms with E-state index < -0.39 is 4.92 Å². The summed E-state index contributed by atoms with van der Waals surface area (Å²) in [5.41, 5.74) is 0.247. The van der Waals surface area contributed by atoms with E-state index in [2.05, 4.69) is 15.1 Å². The van der Waals surface area contributed by atoms with Gasteiger partial charge in [-0.05, 0) is 22.7 Å². The van der Waals surface area contributed by atoms with Crippen molar-refractivity contribution in [1.82, 2.24) is 19.7 Å². The van der Waals surface area contributed by atoms with Crippen molar-refractivity contribution in [3.8, 4) is 11.5 Å². The molecule has 0 N–H and O–H groups in total. The van der Waals surface area contributed by atoms with Gasteiger partial charge in [-0.2, -0.15) is 4.98 Å². The van der Waals surface area contributed by atoms with Gasteiger partial charge in [0.1, 0.15) is 0 Å². The fourth-order valence-electron chi connectivity index (χ4n) is 2.25. The Hall–Kier alpha value is -2.29. The molecule has 1 fully saturated rings. The summed E-state index contributed by atoms with van der Waals surface area (Å²) in [5, 5.41) is 14.8. The molecular formula is C11H13N5O4. The van der Waals surface area contributed by atoms with E-state index in [4.69, 9.17) is 9.26 Å². The standard InChI is InChI=1S/C11H13N5O4/c1-15-6-12-10(16(17)18)8(15)9-13-11(20-14-9)7-2-4-19-5-3-7/h6-7H,2-5H2,1H3. The lowest BCUT2D eigenvalue weighted by atomic mass is 10.0. The normalized spacial score (nSPS) is 16.4. The van der Waals surface area contributed by atoms with Crippen LogP contribution < -0.4 is 0 Å². The van der Waals surface area contributed by atoms with Gasteiger partial charge in [-0.3, -0.25) is 0 Å². The van der Waals surface area contributed by atoms with Gasteiger partial charge in [0, 0.05) is 26.2 Å². The topological polar surface area (TPSA) is 109 Å². The Kier molecular flexibility index (Phi) is 3.18. The molecule has 3 rings (SSSR count). The molecule has 1 aliphatic heterocycles. The third-order valence-electron chi connectivity index (χ3n) is 3.31. The third kappa shape index (κ3) is 2.16. The highest BCUT2D eigenvalue weighted by atomic mass is 16.6. The Labute approximate surface area is 113 Å². The molecule has 106 valence electrons. The zero-order valence-corrected chi connectivity index (χ0v) is 10.9. The van der Waals surface area contributed by atoms with Crippen molar-refractivity contribution in [3.63, 3.8) is 0 Å². The number of hydrogen-bond donors (Lipinski definition) is 0. The molecule has 0 aliphatic carbocycles. The molecule has 0 amide bonds. The van der Waals surface area contributed by atoms with Crippen LogP contribution in [0.15, 0.2) is 10.9 Å². The van der Waals surface area contributed by atoms with E-state index in [1.807, 2.05) is 0 Å². The summed E-state index contributed by atoms with van der Waals surface area (Å²) in [6, 6.07) is 0. The van der Waals surface area contributed by atoms with E-state index in [1.54, 1.807) is 7.05 Å². The summed E-state index contributed by atoms with van der Waals surface area (Å²) < 4.78 is 12.0. The predicted molar refractivity (Wildman–Crippen MR) is 65.9 cm³/mol. The maximum absolute atomic E-state index is 10.9. The highest BCUT2D eigenvalue weighted by Crippen LogP contribution is 2.30. The number of nitrogens with zero attached hydrogens (tertiary/aromatic N) is 5. The lowest BCUT2D eigenvalue weighted by molar-refractivity contribution is -0.388. The molecule has 0 aromatic carbocycles. The van der Waals surface area contributed by atoms with Crippen LogP contribution in [0.2, 0.25) is 0 Å². The van der Waals surface area contributed by atoms with Gasteiger partial charge in [0.25, 0.3) is 0 Å². The minimum Gasteiger partial charge on any atom is -0.381 e. The summed E-state index contributed by atoms with van der Waals surface area (Å²) in [7, 11) is 1.65. The summed E-state index contributed by atoms with van der Waals surface area (Å²) in [4.78, 5) is 18.4. The van der Waals surface area contributed by atoms with Crippen molar-refractivity contribution in [2.75, 3.05) is 13.2 Å². The second kappa shape index (κ2) is 5.00. The summed E-state index contributed by atoms with van der Waals surface area (Å²) in [5.74, 6) is 0.570. The van der Waals surface area contributed by atoms with Crippen LogP contribution in [0.4, 0.5) is 5.82 Å². The van der Waals surface area contributed by atoms with Crippen LogP contribution in [-0.2, 0) is 11.8 Å². The molecular weight excluding hydrogens is 266 g/mol. The van der Waals surface area contributed by atoms with E-state index in [-0.39, 0.29) is 23.3 Å². The molecule has 0 spiro atoms. The van der Waals surface area contributed by atoms with Gasteiger partial charge < -0.3 is 23.9 Å². The van der Waals surface area contributed by atoms with Gasteiger partial charge in [-0.1, -0.05) is 5.16 Å². The molecule has 0 radical (unpaired) electrons. The Morgan fingerprint density at radius 1 is 1.45 bits per heavy atom. The molecule has 2 aromatic heterocycles. The first kappa shape index (κ1) is 12.7. The number of hydrogen-bond acceptors (Lipinski definition) is 7. The van der Waals surface area contributed by atoms with Gasteiger partial charge in [-0.15, -0.1) is 0 Å². The van der Waals surface area contributed by atoms with E-state index in [0.29, 0.717) is 19.1 Å². The predicted octanol–water partition coefficient (Wildman–Crippen LogP) is 1.27. The maximum Gasteiger partial charge on any atom is 0.393 e. The number of aromatic nitrogens is 4. The van der Waals surface area contributed by atoms with Gasteiger partial charge >= 0.3 is 5.82 Å². The monoisotopic (exact) mass is 279 g/mol. The van der Waals surface area contributed by atoms with Crippen molar-refractivity contribution in [3.05, 3.63) is 22.3 Å². The van der Waals surface area contributed by atoms with Crippen LogP contribution >= 0.6 is 0 Å². The van der Waals surface area contributed by atoms with Gasteiger partial charge in [0.05, 0.1) is 0 Å². The lowest BCUT2D eigenvalue weighted by Gasteiger charge is -2.17. The van der Waals surface area contributed by atoms with Crippen molar-refractivity contribution in [2.24, 2.45) is 7.05 Å². The number of ether oxygens (including phenoxy) is 1. The quantitative estimate of drug-likeness (QED) is 0.614. The smallest absolute Gasteiger partial charge is 0.381 e. The highest BCUT2D eigenvalue weighted by molar-refractivity contribution is 5.60. The van der Waals surface area contributed by atoms with E-state index in [9.17, 15) is 10.1 Å². The summed E-state index contributed by atoms with van der Waals surface area (Å²) >= 11 is 0. The molecule has 2 aromatic rings. The fraction of sp³-hybridized carbons (Fsp3) is 0.545. The molecule has 20 heavy (non-hydrogen) atoms. The SMILES string of the molecule is Cn1cnc([N+](=O)[O-])c1-c1noc(C2CCOCC2)n1. The van der Waals surface area contributed by atoms with Crippen LogP contribution in [0.3, 0.4) is 0 Å². The van der Waals surface area contributed by atoms with E-state index in [0.717, 1.165) is 12.8 Å². The minimum atomic E-state index is -0.556. The zero-order valence-electron chi connectivity index (χ0n) is 10.9. The second-order valence-electron chi connectivity index (χ2n) is 4.63. The van der Waals surface area contributed by atoms with Crippen LogP contribution in [0.1, 0.15) is 24.7 Å². The van der Waals surface area contributed by atoms with Crippen LogP contribution in [0.25, 0.3) is 11.5 Å². The minimum absolute atomic E-state index is 0.150. The number of imidazole rings is 1. The largest absolute Gasteiger partial charge is 0.393 e. The first-order chi connectivity index (χ1) is 9.66. The van der Waals surface area contributed by atoms with Crippen molar-refractivity contribution in [2.45, 2.75) is 18.8 Å².